The van der Waals surface area contributed by atoms with Gasteiger partial charge in [0.1, 0.15) is 0 Å². The lowest BCUT2D eigenvalue weighted by molar-refractivity contribution is -0.116. The largest absolute Gasteiger partial charge is 0.493 e. The van der Waals surface area contributed by atoms with E-state index in [4.69, 9.17) is 14.2 Å². The molecule has 0 aliphatic heterocycles. The third-order valence-corrected chi connectivity index (χ3v) is 5.58. The molecule has 0 unspecified atom stereocenters. The second kappa shape index (κ2) is 10.9. The Morgan fingerprint density at radius 3 is 2.33 bits per heavy atom. The van der Waals surface area contributed by atoms with Crippen molar-refractivity contribution in [1.82, 2.24) is 14.8 Å². The molecule has 7 heteroatoms. The Morgan fingerprint density at radius 1 is 1.06 bits per heavy atom. The minimum absolute atomic E-state index is 0.161. The number of nitrogens with zero attached hydrogens (tertiary/aromatic N) is 2. The molecular formula is C26H33N3O4. The van der Waals surface area contributed by atoms with Crippen molar-refractivity contribution in [2.45, 2.75) is 20.0 Å². The Labute approximate surface area is 195 Å². The third kappa shape index (κ3) is 5.49. The van der Waals surface area contributed by atoms with Crippen LogP contribution in [-0.2, 0) is 17.9 Å². The summed E-state index contributed by atoms with van der Waals surface area (Å²) in [5.41, 5.74) is 4.52. The zero-order chi connectivity index (χ0) is 24.0. The number of methoxy groups -OCH3 is 3. The number of benzene rings is 2. The number of rotatable bonds is 10. The van der Waals surface area contributed by atoms with Crippen LogP contribution in [0.5, 0.6) is 17.2 Å². The number of aromatic nitrogens is 1. The Balaban J connectivity index is 1.69. The molecule has 0 atom stereocenters. The number of carbonyl (C=O) groups is 1. The van der Waals surface area contributed by atoms with Crippen molar-refractivity contribution in [2.75, 3.05) is 42.0 Å². The van der Waals surface area contributed by atoms with Crippen molar-refractivity contribution in [3.05, 3.63) is 59.3 Å². The number of hydrogen-bond donors (Lipinski definition) is 1. The summed E-state index contributed by atoms with van der Waals surface area (Å²) in [6.07, 6.45) is 3.24. The summed E-state index contributed by atoms with van der Waals surface area (Å²) in [6.45, 7) is 4.25. The van der Waals surface area contributed by atoms with Gasteiger partial charge in [-0.15, -0.1) is 0 Å². The summed E-state index contributed by atoms with van der Waals surface area (Å²) in [5.74, 6) is 1.44. The highest BCUT2D eigenvalue weighted by atomic mass is 16.5. The van der Waals surface area contributed by atoms with E-state index >= 15 is 0 Å². The molecule has 1 N–H and O–H groups in total. The Bertz CT molecular complexity index is 1120. The Morgan fingerprint density at radius 2 is 1.73 bits per heavy atom. The standard InChI is InChI=1S/C26H33N3O4/c1-18-21(17-28(2)3)20-9-7-8-10-22(20)29(18)14-13-27-25(30)12-11-19-15-23(31-4)26(33-6)24(16-19)32-5/h7-12,15-16H,13-14,17H2,1-6H3,(H,27,30)/b12-11+. The van der Waals surface area contributed by atoms with E-state index in [1.807, 2.05) is 0 Å². The quantitative estimate of drug-likeness (QED) is 0.474. The van der Waals surface area contributed by atoms with Gasteiger partial charge in [0, 0.05) is 42.3 Å². The zero-order valence-corrected chi connectivity index (χ0v) is 20.3. The number of carbonyl (C=O) groups excluding carboxylic acids is 1. The molecule has 7 nitrogen and oxygen atoms in total. The molecule has 0 bridgehead atoms. The van der Waals surface area contributed by atoms with Gasteiger partial charge in [0.15, 0.2) is 11.5 Å². The maximum Gasteiger partial charge on any atom is 0.244 e. The minimum Gasteiger partial charge on any atom is -0.493 e. The van der Waals surface area contributed by atoms with Gasteiger partial charge in [-0.1, -0.05) is 18.2 Å². The third-order valence-electron chi connectivity index (χ3n) is 5.58. The first-order valence-corrected chi connectivity index (χ1v) is 10.9. The monoisotopic (exact) mass is 451 g/mol. The summed E-state index contributed by atoms with van der Waals surface area (Å²) in [5, 5.41) is 4.24. The molecule has 0 saturated heterocycles. The second-order valence-corrected chi connectivity index (χ2v) is 8.05. The van der Waals surface area contributed by atoms with E-state index in [2.05, 4.69) is 60.1 Å². The number of fused-ring (bicyclic) bond motifs is 1. The number of hydrogen-bond acceptors (Lipinski definition) is 5. The van der Waals surface area contributed by atoms with Crippen LogP contribution in [-0.4, -0.2) is 57.3 Å². The fourth-order valence-electron chi connectivity index (χ4n) is 4.03. The lowest BCUT2D eigenvalue weighted by Gasteiger charge is -2.13. The Hall–Kier alpha value is -3.45. The molecule has 176 valence electrons. The SMILES string of the molecule is COc1cc(/C=C/C(=O)NCCn2c(C)c(CN(C)C)c3ccccc32)cc(OC)c1OC. The number of ether oxygens (including phenoxy) is 3. The van der Waals surface area contributed by atoms with Crippen molar-refractivity contribution in [2.24, 2.45) is 0 Å². The molecule has 3 rings (SSSR count). The maximum atomic E-state index is 12.4. The average molecular weight is 452 g/mol. The topological polar surface area (TPSA) is 65.0 Å². The van der Waals surface area contributed by atoms with Gasteiger partial charge in [-0.2, -0.15) is 0 Å². The smallest absolute Gasteiger partial charge is 0.244 e. The van der Waals surface area contributed by atoms with E-state index in [0.717, 1.165) is 12.1 Å². The highest BCUT2D eigenvalue weighted by Gasteiger charge is 2.14. The molecule has 1 aromatic heterocycles. The Kier molecular flexibility index (Phi) is 8.01. The van der Waals surface area contributed by atoms with Crippen LogP contribution in [0, 0.1) is 6.92 Å². The van der Waals surface area contributed by atoms with Crippen LogP contribution in [0.2, 0.25) is 0 Å². The van der Waals surface area contributed by atoms with Gasteiger partial charge < -0.3 is 29.0 Å². The second-order valence-electron chi connectivity index (χ2n) is 8.05. The molecular weight excluding hydrogens is 418 g/mol. The average Bonchev–Trinajstić information content (AvgIpc) is 3.07. The molecule has 2 aromatic carbocycles. The number of para-hydroxylation sites is 1. The highest BCUT2D eigenvalue weighted by molar-refractivity contribution is 5.92. The predicted octanol–water partition coefficient (Wildman–Crippen LogP) is 3.87. The first kappa shape index (κ1) is 24.2. The fourth-order valence-corrected chi connectivity index (χ4v) is 4.03. The van der Waals surface area contributed by atoms with Crippen molar-refractivity contribution in [3.63, 3.8) is 0 Å². The lowest BCUT2D eigenvalue weighted by atomic mass is 10.1. The first-order valence-electron chi connectivity index (χ1n) is 10.9. The van der Waals surface area contributed by atoms with Crippen LogP contribution in [0.1, 0.15) is 16.8 Å². The number of amides is 1. The summed E-state index contributed by atoms with van der Waals surface area (Å²) in [7, 11) is 8.84. The van der Waals surface area contributed by atoms with Crippen LogP contribution in [0.3, 0.4) is 0 Å². The van der Waals surface area contributed by atoms with E-state index in [1.165, 1.54) is 28.2 Å². The minimum atomic E-state index is -0.161. The number of nitrogens with one attached hydrogen (secondary N) is 1. The molecule has 1 heterocycles. The van der Waals surface area contributed by atoms with Gasteiger partial charge in [0.25, 0.3) is 0 Å². The summed E-state index contributed by atoms with van der Waals surface area (Å²) in [4.78, 5) is 14.6. The van der Waals surface area contributed by atoms with Gasteiger partial charge in [-0.05, 0) is 56.4 Å². The van der Waals surface area contributed by atoms with Gasteiger partial charge >= 0.3 is 0 Å². The van der Waals surface area contributed by atoms with E-state index in [9.17, 15) is 4.79 Å². The van der Waals surface area contributed by atoms with E-state index < -0.39 is 0 Å². The molecule has 1 amide bonds. The van der Waals surface area contributed by atoms with Gasteiger partial charge in [-0.25, -0.2) is 0 Å². The molecule has 0 radical (unpaired) electrons. The van der Waals surface area contributed by atoms with Gasteiger partial charge in [0.05, 0.1) is 21.3 Å². The lowest BCUT2D eigenvalue weighted by Crippen LogP contribution is -2.25. The van der Waals surface area contributed by atoms with Crippen LogP contribution >= 0.6 is 0 Å². The van der Waals surface area contributed by atoms with Crippen LogP contribution in [0.25, 0.3) is 17.0 Å². The van der Waals surface area contributed by atoms with Crippen molar-refractivity contribution < 1.29 is 19.0 Å². The summed E-state index contributed by atoms with van der Waals surface area (Å²) < 4.78 is 18.3. The zero-order valence-electron chi connectivity index (χ0n) is 20.3. The van der Waals surface area contributed by atoms with E-state index in [0.29, 0.717) is 30.3 Å². The first-order chi connectivity index (χ1) is 15.9. The van der Waals surface area contributed by atoms with Gasteiger partial charge in [-0.3, -0.25) is 4.79 Å². The molecule has 0 saturated carbocycles. The van der Waals surface area contributed by atoms with Crippen LogP contribution < -0.4 is 19.5 Å². The molecule has 0 aliphatic carbocycles. The van der Waals surface area contributed by atoms with Crippen LogP contribution in [0.15, 0.2) is 42.5 Å². The fraction of sp³-hybridized carbons (Fsp3) is 0.346. The van der Waals surface area contributed by atoms with Crippen molar-refractivity contribution >= 4 is 22.9 Å². The molecule has 0 spiro atoms. The summed E-state index contributed by atoms with van der Waals surface area (Å²) >= 11 is 0. The van der Waals surface area contributed by atoms with Crippen molar-refractivity contribution in [1.29, 1.82) is 0 Å². The summed E-state index contributed by atoms with van der Waals surface area (Å²) in [6, 6.07) is 12.0. The molecule has 0 fully saturated rings. The van der Waals surface area contributed by atoms with Gasteiger partial charge in [0.2, 0.25) is 11.7 Å². The normalized spacial score (nSPS) is 11.4. The molecule has 3 aromatic rings. The van der Waals surface area contributed by atoms with E-state index in [1.54, 1.807) is 39.5 Å². The van der Waals surface area contributed by atoms with E-state index in [-0.39, 0.29) is 5.91 Å². The molecule has 33 heavy (non-hydrogen) atoms. The molecule has 0 aliphatic rings. The van der Waals surface area contributed by atoms with Crippen LogP contribution in [0.4, 0.5) is 0 Å². The highest BCUT2D eigenvalue weighted by Crippen LogP contribution is 2.38. The predicted molar refractivity (Wildman–Crippen MR) is 132 cm³/mol. The maximum absolute atomic E-state index is 12.4. The van der Waals surface area contributed by atoms with Crippen molar-refractivity contribution in [3.8, 4) is 17.2 Å².